The van der Waals surface area contributed by atoms with E-state index in [0.717, 1.165) is 11.3 Å². The van der Waals surface area contributed by atoms with Gasteiger partial charge in [-0.15, -0.1) is 0 Å². The van der Waals surface area contributed by atoms with Gasteiger partial charge in [-0.05, 0) is 30.7 Å². The zero-order valence-electron chi connectivity index (χ0n) is 12.9. The van der Waals surface area contributed by atoms with E-state index in [1.807, 2.05) is 43.3 Å². The van der Waals surface area contributed by atoms with Gasteiger partial charge in [-0.1, -0.05) is 12.1 Å². The number of benzene rings is 1. The molecule has 2 rings (SSSR count). The number of amides is 1. The Hall–Kier alpha value is -2.14. The van der Waals surface area contributed by atoms with Crippen LogP contribution in [0.2, 0.25) is 0 Å². The van der Waals surface area contributed by atoms with Crippen LogP contribution < -0.4 is 4.90 Å². The number of carbonyl (C=O) groups excluding carboxylic acids is 1. The molecule has 1 aromatic carbocycles. The molecule has 1 atom stereocenters. The Labute approximate surface area is 125 Å². The number of aliphatic hydroxyl groups is 1. The van der Waals surface area contributed by atoms with E-state index in [9.17, 15) is 9.90 Å². The van der Waals surface area contributed by atoms with Gasteiger partial charge in [0, 0.05) is 33.3 Å². The maximum atomic E-state index is 12.2. The number of amidine groups is 1. The summed E-state index contributed by atoms with van der Waals surface area (Å²) in [7, 11) is 5.62. The lowest BCUT2D eigenvalue weighted by atomic mass is 10.1. The first-order valence-corrected chi connectivity index (χ1v) is 6.91. The minimum absolute atomic E-state index is 0.138. The van der Waals surface area contributed by atoms with Crippen LogP contribution in [0.5, 0.6) is 0 Å². The molecule has 1 unspecified atom stereocenters. The third-order valence-corrected chi connectivity index (χ3v) is 3.33. The van der Waals surface area contributed by atoms with Crippen LogP contribution in [0.3, 0.4) is 0 Å². The Morgan fingerprint density at radius 2 is 2.14 bits per heavy atom. The van der Waals surface area contributed by atoms with Crippen molar-refractivity contribution < 1.29 is 9.90 Å². The van der Waals surface area contributed by atoms with Crippen LogP contribution in [0.4, 0.5) is 5.69 Å². The molecule has 1 aromatic rings. The average molecular weight is 287 g/mol. The van der Waals surface area contributed by atoms with Crippen molar-refractivity contribution in [1.82, 2.24) is 4.90 Å². The summed E-state index contributed by atoms with van der Waals surface area (Å²) >= 11 is 0. The summed E-state index contributed by atoms with van der Waals surface area (Å²) in [5.74, 6) is 0.464. The predicted octanol–water partition coefficient (Wildman–Crippen LogP) is 1.73. The number of aliphatic hydroxyl groups excluding tert-OH is 1. The van der Waals surface area contributed by atoms with E-state index in [4.69, 9.17) is 0 Å². The Bertz CT molecular complexity index is 603. The fourth-order valence-electron chi connectivity index (χ4n) is 2.14. The molecule has 0 bridgehead atoms. The highest BCUT2D eigenvalue weighted by Gasteiger charge is 2.27. The van der Waals surface area contributed by atoms with E-state index in [0.29, 0.717) is 18.0 Å². The number of hydrogen-bond acceptors (Lipinski definition) is 4. The van der Waals surface area contributed by atoms with E-state index < -0.39 is 6.10 Å². The second-order valence-electron chi connectivity index (χ2n) is 5.46. The lowest BCUT2D eigenvalue weighted by molar-refractivity contribution is -0.121. The summed E-state index contributed by atoms with van der Waals surface area (Å²) in [6.45, 7) is 1.68. The zero-order chi connectivity index (χ0) is 15.6. The quantitative estimate of drug-likeness (QED) is 0.858. The zero-order valence-corrected chi connectivity index (χ0v) is 12.9. The first kappa shape index (κ1) is 15.3. The molecule has 0 saturated carbocycles. The van der Waals surface area contributed by atoms with Crippen LogP contribution in [0.1, 0.15) is 18.9 Å². The molecule has 1 aliphatic rings. The number of carbonyl (C=O) groups is 1. The molecule has 0 radical (unpaired) electrons. The number of likely N-dealkylation sites (N-methyl/N-ethyl adjacent to an activating group) is 1. The Balaban J connectivity index is 2.30. The fourth-order valence-corrected chi connectivity index (χ4v) is 2.14. The summed E-state index contributed by atoms with van der Waals surface area (Å²) in [6.07, 6.45) is 1.63. The highest BCUT2D eigenvalue weighted by molar-refractivity contribution is 6.14. The van der Waals surface area contributed by atoms with E-state index >= 15 is 0 Å². The second-order valence-corrected chi connectivity index (χ2v) is 5.46. The molecule has 112 valence electrons. The molecule has 21 heavy (non-hydrogen) atoms. The monoisotopic (exact) mass is 287 g/mol. The first-order chi connectivity index (χ1) is 9.88. The Kier molecular flexibility index (Phi) is 4.43. The van der Waals surface area contributed by atoms with Crippen molar-refractivity contribution in [3.8, 4) is 0 Å². The maximum absolute atomic E-state index is 12.2. The third-order valence-electron chi connectivity index (χ3n) is 3.33. The topological polar surface area (TPSA) is 56.1 Å². The summed E-state index contributed by atoms with van der Waals surface area (Å²) in [6, 6.07) is 7.90. The van der Waals surface area contributed by atoms with Crippen LogP contribution in [-0.2, 0) is 4.79 Å². The lowest BCUT2D eigenvalue weighted by Gasteiger charge is -2.13. The van der Waals surface area contributed by atoms with Crippen molar-refractivity contribution in [2.75, 3.05) is 26.0 Å². The van der Waals surface area contributed by atoms with Gasteiger partial charge in [-0.25, -0.2) is 4.99 Å². The lowest BCUT2D eigenvalue weighted by Crippen LogP contribution is -2.29. The van der Waals surface area contributed by atoms with Gasteiger partial charge in [0.2, 0.25) is 0 Å². The molecule has 0 fully saturated rings. The summed E-state index contributed by atoms with van der Waals surface area (Å²) < 4.78 is 0. The average Bonchev–Trinajstić information content (AvgIpc) is 2.67. The second kappa shape index (κ2) is 6.10. The predicted molar refractivity (Wildman–Crippen MR) is 85.2 cm³/mol. The molecule has 1 amide bonds. The van der Waals surface area contributed by atoms with Crippen LogP contribution in [-0.4, -0.2) is 49.0 Å². The fraction of sp³-hybridized carbons (Fsp3) is 0.375. The molecule has 5 nitrogen and oxygen atoms in total. The standard InChI is InChI=1S/C16H21N3O2/c1-11(20)8-15-17-14(16(21)19(15)4)10-12-6-5-7-13(9-12)18(2)3/h5-7,9-11,20H,8H2,1-4H3/b14-10-. The SMILES string of the molecule is CC(O)CC1=N/C(=C\c2cccc(N(C)C)c2)C(=O)N1C. The van der Waals surface area contributed by atoms with Crippen molar-refractivity contribution in [3.05, 3.63) is 35.5 Å². The van der Waals surface area contributed by atoms with Crippen molar-refractivity contribution >= 4 is 23.5 Å². The molecule has 1 heterocycles. The Morgan fingerprint density at radius 3 is 2.76 bits per heavy atom. The van der Waals surface area contributed by atoms with Gasteiger partial charge in [0.15, 0.2) is 0 Å². The molecular weight excluding hydrogens is 266 g/mol. The van der Waals surface area contributed by atoms with Gasteiger partial charge in [0.05, 0.1) is 6.10 Å². The van der Waals surface area contributed by atoms with Gasteiger partial charge < -0.3 is 10.0 Å². The normalized spacial score (nSPS) is 18.1. The van der Waals surface area contributed by atoms with E-state index in [2.05, 4.69) is 4.99 Å². The van der Waals surface area contributed by atoms with Gasteiger partial charge in [0.1, 0.15) is 11.5 Å². The molecule has 0 saturated heterocycles. The van der Waals surface area contributed by atoms with E-state index in [1.165, 1.54) is 4.90 Å². The molecule has 0 aliphatic carbocycles. The number of nitrogens with zero attached hydrogens (tertiary/aromatic N) is 3. The van der Waals surface area contributed by atoms with Crippen molar-refractivity contribution in [1.29, 1.82) is 0 Å². The number of rotatable bonds is 4. The van der Waals surface area contributed by atoms with Crippen LogP contribution in [0.25, 0.3) is 6.08 Å². The molecule has 1 N–H and O–H groups in total. The van der Waals surface area contributed by atoms with Crippen LogP contribution >= 0.6 is 0 Å². The summed E-state index contributed by atoms with van der Waals surface area (Å²) in [4.78, 5) is 20.0. The van der Waals surface area contributed by atoms with Crippen LogP contribution in [0, 0.1) is 0 Å². The summed E-state index contributed by atoms with van der Waals surface area (Å²) in [5.41, 5.74) is 2.40. The molecule has 5 heteroatoms. The largest absolute Gasteiger partial charge is 0.393 e. The van der Waals surface area contributed by atoms with Crippen molar-refractivity contribution in [2.45, 2.75) is 19.4 Å². The number of hydrogen-bond donors (Lipinski definition) is 1. The van der Waals surface area contributed by atoms with Crippen molar-refractivity contribution in [2.24, 2.45) is 4.99 Å². The van der Waals surface area contributed by atoms with E-state index in [-0.39, 0.29) is 5.91 Å². The first-order valence-electron chi connectivity index (χ1n) is 6.91. The van der Waals surface area contributed by atoms with Gasteiger partial charge in [0.25, 0.3) is 5.91 Å². The van der Waals surface area contributed by atoms with Gasteiger partial charge in [-0.2, -0.15) is 0 Å². The highest BCUT2D eigenvalue weighted by atomic mass is 16.3. The van der Waals surface area contributed by atoms with E-state index in [1.54, 1.807) is 20.0 Å². The van der Waals surface area contributed by atoms with Crippen LogP contribution in [0.15, 0.2) is 35.0 Å². The van der Waals surface area contributed by atoms with Gasteiger partial charge >= 0.3 is 0 Å². The summed E-state index contributed by atoms with van der Waals surface area (Å²) in [5, 5.41) is 9.45. The minimum atomic E-state index is -0.518. The third kappa shape index (κ3) is 3.49. The Morgan fingerprint density at radius 1 is 1.43 bits per heavy atom. The number of aliphatic imine (C=N–C) groups is 1. The van der Waals surface area contributed by atoms with Gasteiger partial charge in [-0.3, -0.25) is 9.69 Å². The molecular formula is C16H21N3O2. The maximum Gasteiger partial charge on any atom is 0.277 e. The molecule has 0 spiro atoms. The molecule has 0 aromatic heterocycles. The van der Waals surface area contributed by atoms with Crippen molar-refractivity contribution in [3.63, 3.8) is 0 Å². The number of anilines is 1. The minimum Gasteiger partial charge on any atom is -0.393 e. The molecule has 1 aliphatic heterocycles. The smallest absolute Gasteiger partial charge is 0.277 e. The highest BCUT2D eigenvalue weighted by Crippen LogP contribution is 2.21.